The zero-order valence-electron chi connectivity index (χ0n) is 10.4. The smallest absolute Gasteiger partial charge is 0.112 e. The van der Waals surface area contributed by atoms with Crippen molar-refractivity contribution in [3.63, 3.8) is 0 Å². The van der Waals surface area contributed by atoms with Crippen molar-refractivity contribution in [2.75, 3.05) is 0 Å². The molecular formula is C17H13NO. The Morgan fingerprint density at radius 3 is 2.84 bits per heavy atom. The summed E-state index contributed by atoms with van der Waals surface area (Å²) in [7, 11) is 0. The summed E-state index contributed by atoms with van der Waals surface area (Å²) in [5.41, 5.74) is 1.67. The summed E-state index contributed by atoms with van der Waals surface area (Å²) in [6, 6.07) is 9.45. The van der Waals surface area contributed by atoms with Gasteiger partial charge in [0.05, 0.1) is 17.6 Å². The number of aliphatic hydroxyl groups is 1. The van der Waals surface area contributed by atoms with E-state index in [1.165, 1.54) is 0 Å². The molecule has 19 heavy (non-hydrogen) atoms. The van der Waals surface area contributed by atoms with Crippen molar-refractivity contribution in [2.45, 2.75) is 6.42 Å². The van der Waals surface area contributed by atoms with Crippen molar-refractivity contribution in [2.24, 2.45) is 5.92 Å². The highest BCUT2D eigenvalue weighted by molar-refractivity contribution is 5.52. The van der Waals surface area contributed by atoms with E-state index in [2.05, 4.69) is 17.9 Å². The Balaban J connectivity index is 2.10. The number of nitriles is 1. The van der Waals surface area contributed by atoms with Gasteiger partial charge in [-0.05, 0) is 29.8 Å². The van der Waals surface area contributed by atoms with Crippen molar-refractivity contribution in [1.82, 2.24) is 0 Å². The van der Waals surface area contributed by atoms with Crippen LogP contribution in [0.2, 0.25) is 0 Å². The van der Waals surface area contributed by atoms with Gasteiger partial charge in [-0.25, -0.2) is 0 Å². The summed E-state index contributed by atoms with van der Waals surface area (Å²) in [5, 5.41) is 18.1. The summed E-state index contributed by atoms with van der Waals surface area (Å²) >= 11 is 0. The molecule has 1 aromatic carbocycles. The first kappa shape index (κ1) is 12.7. The van der Waals surface area contributed by atoms with E-state index in [1.54, 1.807) is 24.3 Å². The van der Waals surface area contributed by atoms with Gasteiger partial charge < -0.3 is 5.11 Å². The summed E-state index contributed by atoms with van der Waals surface area (Å²) in [5.74, 6) is 6.34. The maximum Gasteiger partial charge on any atom is 0.112 e. The van der Waals surface area contributed by atoms with E-state index in [0.717, 1.165) is 5.56 Å². The van der Waals surface area contributed by atoms with Gasteiger partial charge in [0.25, 0.3) is 0 Å². The molecule has 1 aliphatic rings. The first-order valence-corrected chi connectivity index (χ1v) is 6.02. The van der Waals surface area contributed by atoms with Gasteiger partial charge in [-0.1, -0.05) is 42.2 Å². The number of hydrogen-bond donors (Lipinski definition) is 1. The number of hydrogen-bond acceptors (Lipinski definition) is 2. The molecule has 0 bridgehead atoms. The Bertz CT molecular complexity index is 631. The summed E-state index contributed by atoms with van der Waals surface area (Å²) in [6.45, 7) is 0. The van der Waals surface area contributed by atoms with Gasteiger partial charge in [0.15, 0.2) is 0 Å². The molecule has 0 aromatic heterocycles. The van der Waals surface area contributed by atoms with Crippen molar-refractivity contribution < 1.29 is 5.11 Å². The Morgan fingerprint density at radius 2 is 2.11 bits per heavy atom. The summed E-state index contributed by atoms with van der Waals surface area (Å²) in [6.07, 6.45) is 9.72. The molecule has 0 radical (unpaired) electrons. The third-order valence-corrected chi connectivity index (χ3v) is 2.69. The highest BCUT2D eigenvalue weighted by Crippen LogP contribution is 2.10. The van der Waals surface area contributed by atoms with Crippen molar-refractivity contribution in [3.8, 4) is 17.9 Å². The van der Waals surface area contributed by atoms with E-state index in [9.17, 15) is 5.11 Å². The SMILES string of the molecule is N#Cc1ccc(/C=C/C2C#CC/C=C(O)\C=C/2)cc1. The third-order valence-electron chi connectivity index (χ3n) is 2.69. The second-order valence-corrected chi connectivity index (χ2v) is 4.13. The van der Waals surface area contributed by atoms with Crippen LogP contribution in [0.5, 0.6) is 0 Å². The van der Waals surface area contributed by atoms with Crippen LogP contribution < -0.4 is 0 Å². The van der Waals surface area contributed by atoms with E-state index in [0.29, 0.717) is 12.0 Å². The van der Waals surface area contributed by atoms with Gasteiger partial charge in [0.2, 0.25) is 0 Å². The molecule has 0 fully saturated rings. The number of nitrogens with zero attached hydrogens (tertiary/aromatic N) is 1. The molecule has 0 amide bonds. The monoisotopic (exact) mass is 247 g/mol. The molecule has 1 aromatic rings. The lowest BCUT2D eigenvalue weighted by Crippen LogP contribution is -1.89. The fraction of sp³-hybridized carbons (Fsp3) is 0.118. The lowest BCUT2D eigenvalue weighted by molar-refractivity contribution is 0.430. The van der Waals surface area contributed by atoms with Crippen LogP contribution in [-0.4, -0.2) is 5.11 Å². The first-order chi connectivity index (χ1) is 9.28. The minimum atomic E-state index is -0.00788. The van der Waals surface area contributed by atoms with Gasteiger partial charge in [-0.3, -0.25) is 0 Å². The van der Waals surface area contributed by atoms with Crippen LogP contribution >= 0.6 is 0 Å². The van der Waals surface area contributed by atoms with Crippen LogP contribution in [0.1, 0.15) is 17.5 Å². The third kappa shape index (κ3) is 3.91. The standard InChI is InChI=1S/C17H13NO/c18-13-16-9-7-15(8-10-16)6-5-14-3-1-2-4-17(19)12-11-14/h4-12,14,19H,2H2/b6-5+,12-11-,17-4+. The molecule has 0 saturated carbocycles. The van der Waals surface area contributed by atoms with Crippen LogP contribution in [-0.2, 0) is 0 Å². The highest BCUT2D eigenvalue weighted by atomic mass is 16.3. The summed E-state index contributed by atoms with van der Waals surface area (Å²) in [4.78, 5) is 0. The number of allylic oxidation sites excluding steroid dienone is 4. The fourth-order valence-electron chi connectivity index (χ4n) is 1.65. The largest absolute Gasteiger partial charge is 0.508 e. The Hall–Kier alpha value is -2.71. The second-order valence-electron chi connectivity index (χ2n) is 4.13. The highest BCUT2D eigenvalue weighted by Gasteiger charge is 1.97. The minimum Gasteiger partial charge on any atom is -0.508 e. The molecule has 0 saturated heterocycles. The van der Waals surface area contributed by atoms with Gasteiger partial charge in [0, 0.05) is 6.42 Å². The van der Waals surface area contributed by atoms with Gasteiger partial charge in [-0.2, -0.15) is 5.26 Å². The van der Waals surface area contributed by atoms with Crippen molar-refractivity contribution >= 4 is 6.08 Å². The topological polar surface area (TPSA) is 44.0 Å². The zero-order valence-corrected chi connectivity index (χ0v) is 10.4. The molecule has 1 atom stereocenters. The van der Waals surface area contributed by atoms with Gasteiger partial charge in [0.1, 0.15) is 5.76 Å². The first-order valence-electron chi connectivity index (χ1n) is 6.02. The van der Waals surface area contributed by atoms with E-state index >= 15 is 0 Å². The van der Waals surface area contributed by atoms with Crippen LogP contribution in [0.15, 0.2) is 54.3 Å². The molecule has 2 heteroatoms. The molecule has 2 rings (SSSR count). The maximum absolute atomic E-state index is 9.43. The van der Waals surface area contributed by atoms with Crippen LogP contribution in [0.4, 0.5) is 0 Å². The number of rotatable bonds is 2. The van der Waals surface area contributed by atoms with E-state index in [1.807, 2.05) is 30.4 Å². The number of benzene rings is 1. The summed E-state index contributed by atoms with van der Waals surface area (Å²) < 4.78 is 0. The molecule has 1 unspecified atom stereocenters. The van der Waals surface area contributed by atoms with Gasteiger partial charge >= 0.3 is 0 Å². The van der Waals surface area contributed by atoms with E-state index < -0.39 is 0 Å². The normalized spacial score (nSPS) is 22.3. The minimum absolute atomic E-state index is 0.00788. The van der Waals surface area contributed by atoms with Gasteiger partial charge in [-0.15, -0.1) is 0 Å². The maximum atomic E-state index is 9.43. The number of aliphatic hydroxyl groups excluding tert-OH is 1. The lowest BCUT2D eigenvalue weighted by Gasteiger charge is -2.01. The second kappa shape index (κ2) is 6.28. The van der Waals surface area contributed by atoms with Crippen molar-refractivity contribution in [1.29, 1.82) is 5.26 Å². The quantitative estimate of drug-likeness (QED) is 0.811. The molecule has 92 valence electrons. The average molecular weight is 247 g/mol. The molecule has 0 spiro atoms. The predicted molar refractivity (Wildman–Crippen MR) is 75.9 cm³/mol. The lowest BCUT2D eigenvalue weighted by atomic mass is 10.0. The van der Waals surface area contributed by atoms with E-state index in [4.69, 9.17) is 5.26 Å². The Labute approximate surface area is 113 Å². The van der Waals surface area contributed by atoms with Crippen molar-refractivity contribution in [3.05, 3.63) is 65.5 Å². The zero-order chi connectivity index (χ0) is 13.5. The molecule has 1 aliphatic carbocycles. The molecular weight excluding hydrogens is 234 g/mol. The Kier molecular flexibility index (Phi) is 4.21. The molecule has 2 nitrogen and oxygen atoms in total. The van der Waals surface area contributed by atoms with E-state index in [-0.39, 0.29) is 11.7 Å². The van der Waals surface area contributed by atoms with Crippen LogP contribution in [0, 0.1) is 29.1 Å². The fourth-order valence-corrected chi connectivity index (χ4v) is 1.65. The molecule has 0 aliphatic heterocycles. The molecule has 1 N–H and O–H groups in total. The Morgan fingerprint density at radius 1 is 1.32 bits per heavy atom. The van der Waals surface area contributed by atoms with Crippen LogP contribution in [0.3, 0.4) is 0 Å². The predicted octanol–water partition coefficient (Wildman–Crippen LogP) is 3.59. The van der Waals surface area contributed by atoms with Crippen LogP contribution in [0.25, 0.3) is 6.08 Å². The average Bonchev–Trinajstić information content (AvgIpc) is 2.43. The molecule has 0 heterocycles.